The number of nitrogens with one attached hydrogen (secondary N) is 1. The number of anilines is 2. The maximum absolute atomic E-state index is 4.68. The Hall–Kier alpha value is -1.29. The summed E-state index contributed by atoms with van der Waals surface area (Å²) in [6, 6.07) is 4.47. The van der Waals surface area contributed by atoms with Gasteiger partial charge >= 0.3 is 0 Å². The fourth-order valence-electron chi connectivity index (χ4n) is 6.28. The third kappa shape index (κ3) is 2.69. The van der Waals surface area contributed by atoms with Gasteiger partial charge in [-0.3, -0.25) is 0 Å². The quantitative estimate of drug-likeness (QED) is 0.924. The van der Waals surface area contributed by atoms with Crippen molar-refractivity contribution in [2.75, 3.05) is 43.4 Å². The number of hydrogen-bond donors (Lipinski definition) is 1. The molecule has 4 aliphatic carbocycles. The van der Waals surface area contributed by atoms with Gasteiger partial charge in [-0.05, 0) is 69.4 Å². The van der Waals surface area contributed by atoms with Crippen LogP contribution in [0.5, 0.6) is 0 Å². The number of pyridine rings is 1. The van der Waals surface area contributed by atoms with Crippen molar-refractivity contribution >= 4 is 11.5 Å². The van der Waals surface area contributed by atoms with Gasteiger partial charge in [0.25, 0.3) is 0 Å². The lowest BCUT2D eigenvalue weighted by molar-refractivity contribution is 0.0105. The molecule has 0 aromatic carbocycles. The van der Waals surface area contributed by atoms with Crippen molar-refractivity contribution in [3.05, 3.63) is 18.3 Å². The van der Waals surface area contributed by atoms with Crippen molar-refractivity contribution in [2.24, 2.45) is 17.8 Å². The Morgan fingerprint density at radius 2 is 1.62 bits per heavy atom. The molecule has 4 bridgehead atoms. The van der Waals surface area contributed by atoms with E-state index >= 15 is 0 Å². The summed E-state index contributed by atoms with van der Waals surface area (Å²) in [5.41, 5.74) is 1.69. The molecular formula is C20H30N4. The van der Waals surface area contributed by atoms with Crippen molar-refractivity contribution in [2.45, 2.75) is 44.1 Å². The van der Waals surface area contributed by atoms with Crippen LogP contribution in [0.25, 0.3) is 0 Å². The lowest BCUT2D eigenvalue weighted by Crippen LogP contribution is -2.54. The summed E-state index contributed by atoms with van der Waals surface area (Å²) < 4.78 is 0. The molecule has 1 N–H and O–H groups in total. The van der Waals surface area contributed by atoms with Crippen LogP contribution in [-0.2, 0) is 0 Å². The smallest absolute Gasteiger partial charge is 0.128 e. The van der Waals surface area contributed by atoms with Crippen LogP contribution in [0.15, 0.2) is 18.3 Å². The maximum Gasteiger partial charge on any atom is 0.128 e. The number of nitrogens with zero attached hydrogens (tertiary/aromatic N) is 3. The molecule has 1 aliphatic heterocycles. The number of hydrogen-bond acceptors (Lipinski definition) is 4. The van der Waals surface area contributed by atoms with Crippen LogP contribution in [0.1, 0.15) is 38.5 Å². The molecule has 24 heavy (non-hydrogen) atoms. The summed E-state index contributed by atoms with van der Waals surface area (Å²) in [5, 5.41) is 3.93. The molecule has 1 saturated heterocycles. The van der Waals surface area contributed by atoms with Gasteiger partial charge in [-0.25, -0.2) is 4.98 Å². The lowest BCUT2D eigenvalue weighted by Gasteiger charge is -2.57. The Balaban J connectivity index is 1.34. The van der Waals surface area contributed by atoms with E-state index in [0.717, 1.165) is 49.8 Å². The molecule has 4 saturated carbocycles. The third-order valence-corrected chi connectivity index (χ3v) is 7.04. The third-order valence-electron chi connectivity index (χ3n) is 7.04. The minimum absolute atomic E-state index is 0.350. The van der Waals surface area contributed by atoms with E-state index in [2.05, 4.69) is 39.3 Å². The van der Waals surface area contributed by atoms with Gasteiger partial charge in [-0.1, -0.05) is 0 Å². The standard InChI is InChI=1S/C20H30N4/c1-23-4-6-24(7-5-23)18-2-3-21-19(11-18)22-20-12-15-8-16(13-20)10-17(9-15)14-20/h2-3,11,15-17H,4-10,12-14H2,1H3,(H,21,22)/t15-,16+,17-,20?. The van der Waals surface area contributed by atoms with Gasteiger partial charge in [-0.15, -0.1) is 0 Å². The molecule has 5 fully saturated rings. The largest absolute Gasteiger partial charge is 0.369 e. The zero-order chi connectivity index (χ0) is 16.1. The Kier molecular flexibility index (Phi) is 3.51. The predicted octanol–water partition coefficient (Wildman–Crippen LogP) is 3.21. The molecule has 4 heteroatoms. The first kappa shape index (κ1) is 15.0. The van der Waals surface area contributed by atoms with E-state index in [1.165, 1.54) is 44.2 Å². The van der Waals surface area contributed by atoms with Crippen LogP contribution in [0.2, 0.25) is 0 Å². The van der Waals surface area contributed by atoms with Gasteiger partial charge in [0.15, 0.2) is 0 Å². The van der Waals surface area contributed by atoms with Crippen molar-refractivity contribution in [1.29, 1.82) is 0 Å². The molecule has 2 heterocycles. The zero-order valence-corrected chi connectivity index (χ0v) is 14.9. The molecule has 0 atom stereocenters. The zero-order valence-electron chi connectivity index (χ0n) is 14.9. The second-order valence-electron chi connectivity index (χ2n) is 9.01. The first-order chi connectivity index (χ1) is 11.7. The molecule has 0 amide bonds. The SMILES string of the molecule is CN1CCN(c2ccnc(NC34C[C@H]5C[C@@H](C3)C[C@@H](C4)C5)c2)CC1. The van der Waals surface area contributed by atoms with E-state index in [0.29, 0.717) is 5.54 Å². The summed E-state index contributed by atoms with van der Waals surface area (Å²) >= 11 is 0. The van der Waals surface area contributed by atoms with Crippen LogP contribution in [0.3, 0.4) is 0 Å². The average molecular weight is 326 g/mol. The Bertz CT molecular complexity index is 570. The summed E-state index contributed by atoms with van der Waals surface area (Å²) in [6.07, 6.45) is 10.6. The van der Waals surface area contributed by atoms with Crippen molar-refractivity contribution in [3.8, 4) is 0 Å². The van der Waals surface area contributed by atoms with Gasteiger partial charge < -0.3 is 15.1 Å². The molecule has 1 aromatic heterocycles. The van der Waals surface area contributed by atoms with Crippen LogP contribution in [0.4, 0.5) is 11.5 Å². The van der Waals surface area contributed by atoms with Crippen molar-refractivity contribution in [3.63, 3.8) is 0 Å². The Labute approximate surface area is 145 Å². The predicted molar refractivity (Wildman–Crippen MR) is 98.5 cm³/mol. The number of rotatable bonds is 3. The van der Waals surface area contributed by atoms with Crippen molar-refractivity contribution < 1.29 is 0 Å². The Morgan fingerprint density at radius 3 is 2.25 bits per heavy atom. The summed E-state index contributed by atoms with van der Waals surface area (Å²) in [5.74, 6) is 4.03. The second-order valence-corrected chi connectivity index (χ2v) is 9.01. The van der Waals surface area contributed by atoms with Gasteiger partial charge in [-0.2, -0.15) is 0 Å². The van der Waals surface area contributed by atoms with Gasteiger partial charge in [0.05, 0.1) is 0 Å². The molecule has 4 nitrogen and oxygen atoms in total. The lowest BCUT2D eigenvalue weighted by atomic mass is 9.53. The normalized spacial score (nSPS) is 38.5. The van der Waals surface area contributed by atoms with Gasteiger partial charge in [0.2, 0.25) is 0 Å². The Morgan fingerprint density at radius 1 is 1.00 bits per heavy atom. The monoisotopic (exact) mass is 326 g/mol. The van der Waals surface area contributed by atoms with Crippen molar-refractivity contribution in [1.82, 2.24) is 9.88 Å². The summed E-state index contributed by atoms with van der Waals surface area (Å²) in [4.78, 5) is 9.59. The van der Waals surface area contributed by atoms with E-state index in [1.807, 2.05) is 6.20 Å². The molecule has 130 valence electrons. The topological polar surface area (TPSA) is 31.4 Å². The summed E-state index contributed by atoms with van der Waals surface area (Å²) in [7, 11) is 2.21. The minimum atomic E-state index is 0.350. The van der Waals surface area contributed by atoms with E-state index in [-0.39, 0.29) is 0 Å². The minimum Gasteiger partial charge on any atom is -0.369 e. The van der Waals surface area contributed by atoms with E-state index < -0.39 is 0 Å². The first-order valence-electron chi connectivity index (χ1n) is 9.85. The van der Waals surface area contributed by atoms with Crippen LogP contribution in [0, 0.1) is 17.8 Å². The highest BCUT2D eigenvalue weighted by Crippen LogP contribution is 2.56. The number of aromatic nitrogens is 1. The van der Waals surface area contributed by atoms with E-state index in [1.54, 1.807) is 0 Å². The highest BCUT2D eigenvalue weighted by atomic mass is 15.2. The van der Waals surface area contributed by atoms with E-state index in [4.69, 9.17) is 0 Å². The number of likely N-dealkylation sites (N-methyl/N-ethyl adjacent to an activating group) is 1. The maximum atomic E-state index is 4.68. The fourth-order valence-corrected chi connectivity index (χ4v) is 6.28. The molecule has 5 aliphatic rings. The molecule has 0 unspecified atom stereocenters. The number of piperazine rings is 1. The molecule has 0 radical (unpaired) electrons. The van der Waals surface area contributed by atoms with Gasteiger partial charge in [0.1, 0.15) is 5.82 Å². The van der Waals surface area contributed by atoms with Crippen LogP contribution < -0.4 is 10.2 Å². The van der Waals surface area contributed by atoms with Crippen LogP contribution in [-0.4, -0.2) is 48.6 Å². The first-order valence-corrected chi connectivity index (χ1v) is 9.85. The van der Waals surface area contributed by atoms with Crippen LogP contribution >= 0.6 is 0 Å². The molecular weight excluding hydrogens is 296 g/mol. The molecule has 1 aromatic rings. The van der Waals surface area contributed by atoms with Gasteiger partial charge in [0, 0.05) is 49.7 Å². The highest BCUT2D eigenvalue weighted by Gasteiger charge is 2.51. The molecule has 6 rings (SSSR count). The summed E-state index contributed by atoms with van der Waals surface area (Å²) in [6.45, 7) is 4.55. The van der Waals surface area contributed by atoms with E-state index in [9.17, 15) is 0 Å². The molecule has 0 spiro atoms. The highest BCUT2D eigenvalue weighted by molar-refractivity contribution is 5.55. The second kappa shape index (κ2) is 5.62. The average Bonchev–Trinajstić information content (AvgIpc) is 2.54. The fraction of sp³-hybridized carbons (Fsp3) is 0.750.